The summed E-state index contributed by atoms with van der Waals surface area (Å²) in [6, 6.07) is 4.57. The van der Waals surface area contributed by atoms with E-state index in [2.05, 4.69) is 15.4 Å². The van der Waals surface area contributed by atoms with E-state index in [1.54, 1.807) is 0 Å². The molecule has 8 heteroatoms. The number of rotatable bonds is 4. The summed E-state index contributed by atoms with van der Waals surface area (Å²) in [6.45, 7) is 2.68. The van der Waals surface area contributed by atoms with Gasteiger partial charge in [-0.15, -0.1) is 5.10 Å². The fraction of sp³-hybridized carbons (Fsp3) is 0.333. The third-order valence-corrected chi connectivity index (χ3v) is 2.60. The van der Waals surface area contributed by atoms with Crippen LogP contribution in [0.3, 0.4) is 0 Å². The lowest BCUT2D eigenvalue weighted by molar-refractivity contribution is -0.137. The normalized spacial score (nSPS) is 11.6. The Kier molecular flexibility index (Phi) is 3.82. The second-order valence-electron chi connectivity index (χ2n) is 4.18. The highest BCUT2D eigenvalue weighted by atomic mass is 19.4. The first kappa shape index (κ1) is 14.2. The first-order valence-corrected chi connectivity index (χ1v) is 6.06. The molecule has 5 nitrogen and oxygen atoms in total. The van der Waals surface area contributed by atoms with Gasteiger partial charge >= 0.3 is 6.18 Å². The van der Waals surface area contributed by atoms with Crippen LogP contribution in [0.5, 0.6) is 0 Å². The van der Waals surface area contributed by atoms with E-state index in [4.69, 9.17) is 5.73 Å². The fourth-order valence-corrected chi connectivity index (χ4v) is 1.62. The molecule has 0 spiro atoms. The molecule has 1 heterocycles. The first-order valence-electron chi connectivity index (χ1n) is 6.06. The molecule has 20 heavy (non-hydrogen) atoms. The minimum Gasteiger partial charge on any atom is -0.368 e. The molecule has 3 N–H and O–H groups in total. The number of nitrogen functional groups attached to an aromatic ring is 1. The van der Waals surface area contributed by atoms with E-state index in [1.807, 2.05) is 6.92 Å². The average molecular weight is 285 g/mol. The van der Waals surface area contributed by atoms with Crippen LogP contribution in [-0.2, 0) is 6.18 Å². The molecule has 0 saturated heterocycles. The van der Waals surface area contributed by atoms with Crippen molar-refractivity contribution >= 4 is 11.9 Å². The highest BCUT2D eigenvalue weighted by Gasteiger charge is 2.30. The Labute approximate surface area is 113 Å². The molecule has 0 atom stereocenters. The number of hydrogen-bond acceptors (Lipinski definition) is 4. The van der Waals surface area contributed by atoms with Gasteiger partial charge in [0, 0.05) is 6.54 Å². The predicted molar refractivity (Wildman–Crippen MR) is 69.6 cm³/mol. The predicted octanol–water partition coefficient (Wildman–Crippen LogP) is 2.69. The van der Waals surface area contributed by atoms with Crippen LogP contribution in [0.4, 0.5) is 25.1 Å². The first-order chi connectivity index (χ1) is 9.41. The molecule has 1 aromatic heterocycles. The Bertz CT molecular complexity index is 574. The highest BCUT2D eigenvalue weighted by molar-refractivity contribution is 5.43. The number of alkyl halides is 3. The average Bonchev–Trinajstić information content (AvgIpc) is 2.77. The summed E-state index contributed by atoms with van der Waals surface area (Å²) in [6.07, 6.45) is -3.46. The Balaban J connectivity index is 2.25. The van der Waals surface area contributed by atoms with E-state index in [0.717, 1.165) is 18.6 Å². The van der Waals surface area contributed by atoms with Crippen LogP contribution in [0.15, 0.2) is 24.3 Å². The molecule has 0 bridgehead atoms. The lowest BCUT2D eigenvalue weighted by atomic mass is 10.2. The van der Waals surface area contributed by atoms with Crippen molar-refractivity contribution in [3.63, 3.8) is 0 Å². The van der Waals surface area contributed by atoms with Gasteiger partial charge in [0.25, 0.3) is 0 Å². The SMILES string of the molecule is CCCNc1nc(N)n(-c2ccc(C(F)(F)F)cc2)n1. The van der Waals surface area contributed by atoms with Crippen LogP contribution in [0.2, 0.25) is 0 Å². The van der Waals surface area contributed by atoms with Gasteiger partial charge in [-0.25, -0.2) is 0 Å². The van der Waals surface area contributed by atoms with E-state index in [1.165, 1.54) is 16.8 Å². The lowest BCUT2D eigenvalue weighted by Gasteiger charge is -2.07. The Morgan fingerprint density at radius 3 is 2.45 bits per heavy atom. The van der Waals surface area contributed by atoms with E-state index in [0.29, 0.717) is 18.2 Å². The summed E-state index contributed by atoms with van der Waals surface area (Å²) in [5.41, 5.74) is 5.40. The van der Waals surface area contributed by atoms with Crippen LogP contribution >= 0.6 is 0 Å². The largest absolute Gasteiger partial charge is 0.416 e. The van der Waals surface area contributed by atoms with Gasteiger partial charge in [-0.05, 0) is 30.7 Å². The van der Waals surface area contributed by atoms with E-state index in [9.17, 15) is 13.2 Å². The van der Waals surface area contributed by atoms with E-state index < -0.39 is 11.7 Å². The summed E-state index contributed by atoms with van der Waals surface area (Å²) in [7, 11) is 0. The van der Waals surface area contributed by atoms with Crippen LogP contribution in [0.25, 0.3) is 5.69 Å². The number of nitrogens with zero attached hydrogens (tertiary/aromatic N) is 3. The number of aromatic nitrogens is 3. The molecule has 2 aromatic rings. The van der Waals surface area contributed by atoms with Gasteiger partial charge in [0.1, 0.15) is 0 Å². The molecule has 0 unspecified atom stereocenters. The number of anilines is 2. The Hall–Kier alpha value is -2.25. The fourth-order valence-electron chi connectivity index (χ4n) is 1.62. The maximum Gasteiger partial charge on any atom is 0.416 e. The third-order valence-electron chi connectivity index (χ3n) is 2.60. The molecule has 0 fully saturated rings. The molecule has 0 amide bonds. The van der Waals surface area contributed by atoms with E-state index >= 15 is 0 Å². The van der Waals surface area contributed by atoms with Gasteiger partial charge in [0.05, 0.1) is 11.3 Å². The van der Waals surface area contributed by atoms with Crippen LogP contribution in [0, 0.1) is 0 Å². The van der Waals surface area contributed by atoms with E-state index in [-0.39, 0.29) is 5.95 Å². The summed E-state index contributed by atoms with van der Waals surface area (Å²) in [5, 5.41) is 7.06. The monoisotopic (exact) mass is 285 g/mol. The van der Waals surface area contributed by atoms with Crippen molar-refractivity contribution in [1.82, 2.24) is 14.8 Å². The topological polar surface area (TPSA) is 68.8 Å². The number of halogens is 3. The zero-order chi connectivity index (χ0) is 14.8. The molecule has 0 aliphatic carbocycles. The molecule has 1 aromatic carbocycles. The van der Waals surface area contributed by atoms with Crippen molar-refractivity contribution in [2.45, 2.75) is 19.5 Å². The molecule has 0 aliphatic heterocycles. The highest BCUT2D eigenvalue weighted by Crippen LogP contribution is 2.29. The third kappa shape index (κ3) is 3.01. The van der Waals surface area contributed by atoms with Crippen molar-refractivity contribution in [3.8, 4) is 5.69 Å². The molecular weight excluding hydrogens is 271 g/mol. The van der Waals surface area contributed by atoms with Crippen molar-refractivity contribution < 1.29 is 13.2 Å². The molecule has 0 radical (unpaired) electrons. The Morgan fingerprint density at radius 2 is 1.90 bits per heavy atom. The lowest BCUT2D eigenvalue weighted by Crippen LogP contribution is -2.07. The summed E-state index contributed by atoms with van der Waals surface area (Å²) >= 11 is 0. The van der Waals surface area contributed by atoms with Gasteiger partial charge in [0.15, 0.2) is 0 Å². The molecule has 0 saturated carbocycles. The van der Waals surface area contributed by atoms with Gasteiger partial charge in [-0.1, -0.05) is 6.92 Å². The smallest absolute Gasteiger partial charge is 0.368 e. The number of nitrogens with two attached hydrogens (primary N) is 1. The zero-order valence-corrected chi connectivity index (χ0v) is 10.8. The van der Waals surface area contributed by atoms with Gasteiger partial charge in [0.2, 0.25) is 11.9 Å². The summed E-state index contributed by atoms with van der Waals surface area (Å²) in [4.78, 5) is 3.99. The molecule has 2 rings (SSSR count). The number of nitrogens with one attached hydrogen (secondary N) is 1. The van der Waals surface area contributed by atoms with Crippen LogP contribution in [-0.4, -0.2) is 21.3 Å². The number of hydrogen-bond donors (Lipinski definition) is 2. The maximum atomic E-state index is 12.5. The van der Waals surface area contributed by atoms with Crippen molar-refractivity contribution in [3.05, 3.63) is 29.8 Å². The summed E-state index contributed by atoms with van der Waals surface area (Å²) in [5.74, 6) is 0.465. The second-order valence-corrected chi connectivity index (χ2v) is 4.18. The maximum absolute atomic E-state index is 12.5. The molecule has 0 aliphatic rings. The van der Waals surface area contributed by atoms with Gasteiger partial charge < -0.3 is 11.1 Å². The van der Waals surface area contributed by atoms with Crippen molar-refractivity contribution in [2.24, 2.45) is 0 Å². The summed E-state index contributed by atoms with van der Waals surface area (Å²) < 4.78 is 38.7. The minimum absolute atomic E-state index is 0.114. The molecular formula is C12H14F3N5. The minimum atomic E-state index is -4.36. The van der Waals surface area contributed by atoms with Gasteiger partial charge in [-0.3, -0.25) is 0 Å². The van der Waals surface area contributed by atoms with Crippen LogP contribution in [0.1, 0.15) is 18.9 Å². The quantitative estimate of drug-likeness (QED) is 0.906. The van der Waals surface area contributed by atoms with Crippen molar-refractivity contribution in [2.75, 3.05) is 17.6 Å². The number of benzene rings is 1. The molecule has 108 valence electrons. The van der Waals surface area contributed by atoms with Crippen molar-refractivity contribution in [1.29, 1.82) is 0 Å². The standard InChI is InChI=1S/C12H14F3N5/c1-2-7-17-11-18-10(16)20(19-11)9-5-3-8(4-6-9)12(13,14)15/h3-6H,2,7H2,1H3,(H3,16,17,18,19). The zero-order valence-electron chi connectivity index (χ0n) is 10.8. The van der Waals surface area contributed by atoms with Crippen LogP contribution < -0.4 is 11.1 Å². The Morgan fingerprint density at radius 1 is 1.25 bits per heavy atom. The second kappa shape index (κ2) is 5.40. The van der Waals surface area contributed by atoms with Gasteiger partial charge in [-0.2, -0.15) is 22.8 Å².